The summed E-state index contributed by atoms with van der Waals surface area (Å²) in [5.74, 6) is -0.812. The van der Waals surface area contributed by atoms with E-state index in [2.05, 4.69) is 15.0 Å². The summed E-state index contributed by atoms with van der Waals surface area (Å²) in [6.45, 7) is 5.92. The summed E-state index contributed by atoms with van der Waals surface area (Å²) in [7, 11) is -1.97. The van der Waals surface area contributed by atoms with E-state index < -0.39 is 16.0 Å². The third kappa shape index (κ3) is 5.31. The van der Waals surface area contributed by atoms with Crippen LogP contribution >= 0.6 is 0 Å². The van der Waals surface area contributed by atoms with Crippen molar-refractivity contribution in [1.29, 1.82) is 0 Å². The molecule has 0 saturated heterocycles. The summed E-state index contributed by atoms with van der Waals surface area (Å²) < 4.78 is 24.9. The first kappa shape index (κ1) is 17.4. The molecule has 0 radical (unpaired) electrons. The molecule has 7 nitrogen and oxygen atoms in total. The number of nitrogens with zero attached hydrogens (tertiary/aromatic N) is 1. The summed E-state index contributed by atoms with van der Waals surface area (Å²) in [6, 6.07) is 2.92. The number of hydrogen-bond donors (Lipinski definition) is 3. The van der Waals surface area contributed by atoms with Crippen LogP contribution in [0.2, 0.25) is 0 Å². The van der Waals surface area contributed by atoms with Gasteiger partial charge in [-0.25, -0.2) is 22.9 Å². The van der Waals surface area contributed by atoms with Crippen LogP contribution in [0.4, 0.5) is 5.82 Å². The van der Waals surface area contributed by atoms with Gasteiger partial charge in [-0.05, 0) is 19.2 Å². The van der Waals surface area contributed by atoms with Gasteiger partial charge in [0.1, 0.15) is 5.82 Å². The van der Waals surface area contributed by atoms with Crippen LogP contribution in [0, 0.1) is 0 Å². The average Bonchev–Trinajstić information content (AvgIpc) is 2.37. The van der Waals surface area contributed by atoms with Gasteiger partial charge in [-0.1, -0.05) is 20.8 Å². The highest BCUT2D eigenvalue weighted by atomic mass is 32.2. The number of carboxylic acid groups (broad SMARTS) is 1. The Labute approximate surface area is 124 Å². The molecule has 0 spiro atoms. The van der Waals surface area contributed by atoms with Crippen molar-refractivity contribution in [3.63, 3.8) is 0 Å². The molecule has 118 valence electrons. The van der Waals surface area contributed by atoms with Gasteiger partial charge < -0.3 is 10.4 Å². The lowest BCUT2D eigenvalue weighted by Crippen LogP contribution is -2.26. The number of sulfonamides is 1. The number of carboxylic acids is 1. The quantitative estimate of drug-likeness (QED) is 0.724. The lowest BCUT2D eigenvalue weighted by molar-refractivity contribution is 0.0696. The van der Waals surface area contributed by atoms with E-state index in [1.165, 1.54) is 19.2 Å². The van der Waals surface area contributed by atoms with Crippen LogP contribution in [0.25, 0.3) is 0 Å². The monoisotopic (exact) mass is 315 g/mol. The predicted molar refractivity (Wildman–Crippen MR) is 81.2 cm³/mol. The van der Waals surface area contributed by atoms with Gasteiger partial charge in [0.05, 0.1) is 11.3 Å². The third-order valence-electron chi connectivity index (χ3n) is 2.83. The van der Waals surface area contributed by atoms with Gasteiger partial charge in [0, 0.05) is 17.7 Å². The Morgan fingerprint density at radius 1 is 1.33 bits per heavy atom. The number of aromatic carboxylic acids is 1. The molecular formula is C13H21N3O4S. The molecule has 1 aromatic heterocycles. The molecule has 0 unspecified atom stereocenters. The van der Waals surface area contributed by atoms with Gasteiger partial charge in [-0.3, -0.25) is 0 Å². The molecule has 0 bridgehead atoms. The summed E-state index contributed by atoms with van der Waals surface area (Å²) in [5.41, 5.74) is 0.439. The Morgan fingerprint density at radius 3 is 2.43 bits per heavy atom. The standard InChI is InChI=1S/C13H21N3O4S/c1-13(2,3)10-7-9(12(17)18)8-11(16-10)15-5-6-21(19,20)14-4/h7-8,14H,5-6H2,1-4H3,(H,15,16)(H,17,18). The van der Waals surface area contributed by atoms with Crippen LogP contribution < -0.4 is 10.0 Å². The maximum Gasteiger partial charge on any atom is 0.335 e. The molecule has 0 fully saturated rings. The first-order valence-corrected chi connectivity index (χ1v) is 8.11. The SMILES string of the molecule is CNS(=O)(=O)CCNc1cc(C(=O)O)cc(C(C)(C)C)n1. The van der Waals surface area contributed by atoms with E-state index in [0.29, 0.717) is 11.5 Å². The second kappa shape index (κ2) is 6.40. The number of nitrogens with one attached hydrogen (secondary N) is 2. The van der Waals surface area contributed by atoms with Crippen LogP contribution in [0.15, 0.2) is 12.1 Å². The van der Waals surface area contributed by atoms with E-state index in [1.54, 1.807) is 0 Å². The Balaban J connectivity index is 2.97. The van der Waals surface area contributed by atoms with Gasteiger partial charge in [0.2, 0.25) is 10.0 Å². The van der Waals surface area contributed by atoms with Crippen molar-refractivity contribution < 1.29 is 18.3 Å². The van der Waals surface area contributed by atoms with Gasteiger partial charge in [-0.15, -0.1) is 0 Å². The van der Waals surface area contributed by atoms with Crippen molar-refractivity contribution in [3.05, 3.63) is 23.4 Å². The normalized spacial score (nSPS) is 12.2. The minimum atomic E-state index is -3.31. The molecular weight excluding hydrogens is 294 g/mol. The van der Waals surface area contributed by atoms with E-state index in [9.17, 15) is 13.2 Å². The lowest BCUT2D eigenvalue weighted by atomic mass is 9.91. The van der Waals surface area contributed by atoms with Crippen molar-refractivity contribution >= 4 is 21.8 Å². The highest BCUT2D eigenvalue weighted by molar-refractivity contribution is 7.89. The van der Waals surface area contributed by atoms with Gasteiger partial charge in [-0.2, -0.15) is 0 Å². The van der Waals surface area contributed by atoms with E-state index >= 15 is 0 Å². The van der Waals surface area contributed by atoms with Crippen LogP contribution in [0.1, 0.15) is 36.8 Å². The minimum absolute atomic E-state index is 0.118. The number of aromatic nitrogens is 1. The molecule has 8 heteroatoms. The molecule has 3 N–H and O–H groups in total. The fraction of sp³-hybridized carbons (Fsp3) is 0.538. The smallest absolute Gasteiger partial charge is 0.335 e. The number of anilines is 1. The lowest BCUT2D eigenvalue weighted by Gasteiger charge is -2.19. The van der Waals surface area contributed by atoms with Crippen LogP contribution in [-0.2, 0) is 15.4 Å². The van der Waals surface area contributed by atoms with Crippen molar-refractivity contribution in [2.24, 2.45) is 0 Å². The Morgan fingerprint density at radius 2 is 1.95 bits per heavy atom. The van der Waals surface area contributed by atoms with E-state index in [4.69, 9.17) is 5.11 Å². The second-order valence-electron chi connectivity index (χ2n) is 5.63. The number of pyridine rings is 1. The number of rotatable bonds is 6. The molecule has 0 amide bonds. The third-order valence-corrected chi connectivity index (χ3v) is 4.19. The van der Waals surface area contributed by atoms with Crippen LogP contribution in [0.3, 0.4) is 0 Å². The second-order valence-corrected chi connectivity index (χ2v) is 7.68. The first-order chi connectivity index (χ1) is 9.55. The Hall–Kier alpha value is -1.67. The highest BCUT2D eigenvalue weighted by Crippen LogP contribution is 2.23. The van der Waals surface area contributed by atoms with E-state index in [1.807, 2.05) is 20.8 Å². The summed E-state index contributed by atoms with van der Waals surface area (Å²) in [5, 5.41) is 12.0. The molecule has 0 aromatic carbocycles. The van der Waals surface area contributed by atoms with E-state index in [-0.39, 0.29) is 23.3 Å². The molecule has 0 atom stereocenters. The maximum absolute atomic E-state index is 11.3. The molecule has 1 rings (SSSR count). The number of hydrogen-bond acceptors (Lipinski definition) is 5. The van der Waals surface area contributed by atoms with Gasteiger partial charge in [0.25, 0.3) is 0 Å². The topological polar surface area (TPSA) is 108 Å². The van der Waals surface area contributed by atoms with Crippen molar-refractivity contribution in [2.75, 3.05) is 24.7 Å². The van der Waals surface area contributed by atoms with Crippen LogP contribution in [0.5, 0.6) is 0 Å². The van der Waals surface area contributed by atoms with Crippen LogP contribution in [-0.4, -0.2) is 43.8 Å². The van der Waals surface area contributed by atoms with E-state index in [0.717, 1.165) is 0 Å². The Kier molecular flexibility index (Phi) is 5.30. The molecule has 0 aliphatic rings. The van der Waals surface area contributed by atoms with Crippen molar-refractivity contribution in [2.45, 2.75) is 26.2 Å². The largest absolute Gasteiger partial charge is 0.478 e. The minimum Gasteiger partial charge on any atom is -0.478 e. The zero-order chi connectivity index (χ0) is 16.3. The van der Waals surface area contributed by atoms with Crippen molar-refractivity contribution in [1.82, 2.24) is 9.71 Å². The number of carbonyl (C=O) groups is 1. The maximum atomic E-state index is 11.3. The molecule has 21 heavy (non-hydrogen) atoms. The fourth-order valence-corrected chi connectivity index (χ4v) is 2.12. The zero-order valence-electron chi connectivity index (χ0n) is 12.6. The highest BCUT2D eigenvalue weighted by Gasteiger charge is 2.19. The molecule has 0 aliphatic heterocycles. The Bertz CT molecular complexity index is 621. The van der Waals surface area contributed by atoms with Gasteiger partial charge >= 0.3 is 5.97 Å². The first-order valence-electron chi connectivity index (χ1n) is 6.46. The zero-order valence-corrected chi connectivity index (χ0v) is 13.4. The molecule has 1 heterocycles. The molecule has 0 saturated carbocycles. The predicted octanol–water partition coefficient (Wildman–Crippen LogP) is 1.04. The summed E-state index contributed by atoms with van der Waals surface area (Å²) in [4.78, 5) is 15.5. The molecule has 0 aliphatic carbocycles. The molecule has 1 aromatic rings. The average molecular weight is 315 g/mol. The summed E-state index contributed by atoms with van der Waals surface area (Å²) in [6.07, 6.45) is 0. The van der Waals surface area contributed by atoms with Crippen molar-refractivity contribution in [3.8, 4) is 0 Å². The summed E-state index contributed by atoms with van der Waals surface area (Å²) >= 11 is 0. The van der Waals surface area contributed by atoms with Gasteiger partial charge in [0.15, 0.2) is 0 Å². The fourth-order valence-electron chi connectivity index (χ4n) is 1.54.